The molecule has 1 fully saturated rings. The summed E-state index contributed by atoms with van der Waals surface area (Å²) in [4.78, 5) is 12.5. The van der Waals surface area contributed by atoms with Crippen molar-refractivity contribution in [1.82, 2.24) is 5.32 Å². The Morgan fingerprint density at radius 1 is 1.00 bits per heavy atom. The van der Waals surface area contributed by atoms with Crippen LogP contribution in [0.25, 0.3) is 0 Å². The van der Waals surface area contributed by atoms with Gasteiger partial charge in [0.2, 0.25) is 0 Å². The number of piperidine rings is 1. The average molecular weight is 312 g/mol. The zero-order valence-corrected chi connectivity index (χ0v) is 15.3. The van der Waals surface area contributed by atoms with Crippen molar-refractivity contribution >= 4 is 5.97 Å². The molecule has 0 unspecified atom stereocenters. The molecule has 0 amide bonds. The maximum atomic E-state index is 12.5. The van der Waals surface area contributed by atoms with Crippen LogP contribution in [-0.4, -0.2) is 29.2 Å². The van der Waals surface area contributed by atoms with Gasteiger partial charge in [-0.25, -0.2) is 0 Å². The molecule has 1 saturated heterocycles. The topological polar surface area (TPSA) is 64.3 Å². The lowest BCUT2D eigenvalue weighted by molar-refractivity contribution is -0.154. The number of carbonyl (C=O) groups is 1. The third-order valence-electron chi connectivity index (χ3n) is 4.33. The molecular weight excluding hydrogens is 276 g/mol. The van der Waals surface area contributed by atoms with Crippen LogP contribution in [0, 0.1) is 0 Å². The number of unbranched alkanes of at least 4 members (excludes halogenated alkanes) is 5. The molecule has 130 valence electrons. The molecule has 0 bridgehead atoms. The minimum atomic E-state index is -0.875. The van der Waals surface area contributed by atoms with E-state index in [1.165, 1.54) is 25.7 Å². The number of hydrogen-bond donors (Lipinski definition) is 2. The molecule has 4 nitrogen and oxygen atoms in total. The molecule has 0 aromatic heterocycles. The monoisotopic (exact) mass is 312 g/mol. The van der Waals surface area contributed by atoms with E-state index in [2.05, 4.69) is 39.9 Å². The third-order valence-corrected chi connectivity index (χ3v) is 4.33. The quantitative estimate of drug-likeness (QED) is 0.531. The fourth-order valence-corrected chi connectivity index (χ4v) is 3.98. The van der Waals surface area contributed by atoms with Crippen molar-refractivity contribution in [1.29, 1.82) is 0 Å². The van der Waals surface area contributed by atoms with Gasteiger partial charge in [0, 0.05) is 11.1 Å². The Balaban J connectivity index is 2.40. The lowest BCUT2D eigenvalue weighted by atomic mass is 9.71. The van der Waals surface area contributed by atoms with Gasteiger partial charge >= 0.3 is 5.97 Å². The van der Waals surface area contributed by atoms with Gasteiger partial charge in [-0.05, 0) is 47.0 Å². The van der Waals surface area contributed by atoms with Crippen molar-refractivity contribution in [2.24, 2.45) is 5.73 Å². The number of ether oxygens (including phenoxy) is 1. The minimum absolute atomic E-state index is 0.157. The van der Waals surface area contributed by atoms with Crippen molar-refractivity contribution in [2.45, 2.75) is 103 Å². The molecule has 3 N–H and O–H groups in total. The second kappa shape index (κ2) is 7.78. The van der Waals surface area contributed by atoms with Crippen molar-refractivity contribution in [3.63, 3.8) is 0 Å². The van der Waals surface area contributed by atoms with Crippen LogP contribution < -0.4 is 11.1 Å². The van der Waals surface area contributed by atoms with E-state index in [-0.39, 0.29) is 17.0 Å². The number of rotatable bonds is 8. The van der Waals surface area contributed by atoms with Crippen LogP contribution in [0.5, 0.6) is 0 Å². The molecule has 1 heterocycles. The zero-order valence-electron chi connectivity index (χ0n) is 15.3. The molecule has 0 radical (unpaired) electrons. The van der Waals surface area contributed by atoms with Gasteiger partial charge in [0.15, 0.2) is 0 Å². The molecule has 1 rings (SSSR count). The summed E-state index contributed by atoms with van der Waals surface area (Å²) >= 11 is 0. The first kappa shape index (κ1) is 19.4. The van der Waals surface area contributed by atoms with Gasteiger partial charge in [-0.3, -0.25) is 4.79 Å². The second-order valence-corrected chi connectivity index (χ2v) is 8.31. The number of nitrogens with one attached hydrogen (secondary N) is 1. The van der Waals surface area contributed by atoms with Crippen LogP contribution in [0.2, 0.25) is 0 Å². The van der Waals surface area contributed by atoms with Crippen LogP contribution in [-0.2, 0) is 9.53 Å². The Hall–Kier alpha value is -0.610. The van der Waals surface area contributed by atoms with Crippen molar-refractivity contribution in [3.8, 4) is 0 Å². The van der Waals surface area contributed by atoms with E-state index in [4.69, 9.17) is 10.5 Å². The van der Waals surface area contributed by atoms with Gasteiger partial charge in [0.25, 0.3) is 0 Å². The van der Waals surface area contributed by atoms with Crippen LogP contribution in [0.3, 0.4) is 0 Å². The summed E-state index contributed by atoms with van der Waals surface area (Å²) in [5.74, 6) is -0.233. The van der Waals surface area contributed by atoms with Crippen molar-refractivity contribution < 1.29 is 9.53 Å². The number of carbonyl (C=O) groups excluding carboxylic acids is 1. The van der Waals surface area contributed by atoms with Crippen molar-refractivity contribution in [2.75, 3.05) is 6.61 Å². The molecule has 1 aliphatic rings. The molecule has 22 heavy (non-hydrogen) atoms. The fraction of sp³-hybridized carbons (Fsp3) is 0.944. The largest absolute Gasteiger partial charge is 0.464 e. The maximum absolute atomic E-state index is 12.5. The maximum Gasteiger partial charge on any atom is 0.326 e. The Kier molecular flexibility index (Phi) is 6.87. The van der Waals surface area contributed by atoms with Crippen LogP contribution in [0.15, 0.2) is 0 Å². The highest BCUT2D eigenvalue weighted by molar-refractivity contribution is 5.81. The highest BCUT2D eigenvalue weighted by atomic mass is 16.5. The molecule has 0 saturated carbocycles. The van der Waals surface area contributed by atoms with Gasteiger partial charge in [-0.2, -0.15) is 0 Å². The molecule has 0 aliphatic carbocycles. The van der Waals surface area contributed by atoms with E-state index in [1.54, 1.807) is 0 Å². The number of nitrogens with two attached hydrogens (primary N) is 1. The van der Waals surface area contributed by atoms with Crippen LogP contribution >= 0.6 is 0 Å². The molecule has 4 heteroatoms. The Bertz CT molecular complexity index is 348. The van der Waals surface area contributed by atoms with E-state index < -0.39 is 5.54 Å². The predicted octanol–water partition coefficient (Wildman–Crippen LogP) is 3.53. The van der Waals surface area contributed by atoms with Crippen LogP contribution in [0.4, 0.5) is 0 Å². The van der Waals surface area contributed by atoms with Crippen molar-refractivity contribution in [3.05, 3.63) is 0 Å². The molecule has 0 atom stereocenters. The van der Waals surface area contributed by atoms with Crippen LogP contribution in [0.1, 0.15) is 86.0 Å². The van der Waals surface area contributed by atoms with Gasteiger partial charge in [-0.15, -0.1) is 0 Å². The second-order valence-electron chi connectivity index (χ2n) is 8.31. The van der Waals surface area contributed by atoms with Gasteiger partial charge in [-0.1, -0.05) is 39.0 Å². The third kappa shape index (κ3) is 6.25. The Morgan fingerprint density at radius 3 is 2.05 bits per heavy atom. The van der Waals surface area contributed by atoms with E-state index in [1.807, 2.05) is 0 Å². The van der Waals surface area contributed by atoms with E-state index in [9.17, 15) is 4.79 Å². The standard InChI is InChI=1S/C18H36N2O2/c1-6-7-8-9-10-11-12-22-15(21)18(19)13-16(2,3)20-17(4,5)14-18/h20H,6-14,19H2,1-5H3. The molecule has 0 spiro atoms. The summed E-state index contributed by atoms with van der Waals surface area (Å²) in [5.41, 5.74) is 5.23. The molecule has 0 aromatic carbocycles. The first-order chi connectivity index (χ1) is 10.1. The average Bonchev–Trinajstić information content (AvgIpc) is 2.33. The normalized spacial score (nSPS) is 22.3. The van der Waals surface area contributed by atoms with Gasteiger partial charge in [0.05, 0.1) is 6.61 Å². The Labute approximate surface area is 136 Å². The van der Waals surface area contributed by atoms with E-state index in [0.29, 0.717) is 19.4 Å². The summed E-state index contributed by atoms with van der Waals surface area (Å²) in [6, 6.07) is 0. The fourth-order valence-electron chi connectivity index (χ4n) is 3.98. The SMILES string of the molecule is CCCCCCCCOC(=O)C1(N)CC(C)(C)NC(C)(C)C1. The minimum Gasteiger partial charge on any atom is -0.464 e. The highest BCUT2D eigenvalue weighted by Crippen LogP contribution is 2.35. The summed E-state index contributed by atoms with van der Waals surface area (Å²) in [6.07, 6.45) is 8.34. The lowest BCUT2D eigenvalue weighted by Crippen LogP contribution is -2.69. The van der Waals surface area contributed by atoms with Gasteiger partial charge in [0.1, 0.15) is 5.54 Å². The number of esters is 1. The summed E-state index contributed by atoms with van der Waals surface area (Å²) < 4.78 is 5.49. The molecule has 1 aliphatic heterocycles. The van der Waals surface area contributed by atoms with E-state index in [0.717, 1.165) is 12.8 Å². The smallest absolute Gasteiger partial charge is 0.326 e. The summed E-state index contributed by atoms with van der Waals surface area (Å²) in [7, 11) is 0. The van der Waals surface area contributed by atoms with Gasteiger partial charge < -0.3 is 15.8 Å². The highest BCUT2D eigenvalue weighted by Gasteiger charge is 2.50. The summed E-state index contributed by atoms with van der Waals surface area (Å²) in [6.45, 7) is 11.1. The first-order valence-corrected chi connectivity index (χ1v) is 8.86. The lowest BCUT2D eigenvalue weighted by Gasteiger charge is -2.50. The predicted molar refractivity (Wildman–Crippen MR) is 91.8 cm³/mol. The number of hydrogen-bond acceptors (Lipinski definition) is 4. The summed E-state index contributed by atoms with van der Waals surface area (Å²) in [5, 5.41) is 3.55. The van der Waals surface area contributed by atoms with E-state index >= 15 is 0 Å². The Morgan fingerprint density at radius 2 is 1.50 bits per heavy atom. The molecule has 0 aromatic rings. The molecular formula is C18H36N2O2. The first-order valence-electron chi connectivity index (χ1n) is 8.86. The zero-order chi connectivity index (χ0) is 16.9.